The molecule has 1 N–H and O–H groups in total. The van der Waals surface area contributed by atoms with Gasteiger partial charge in [-0.05, 0) is 73.0 Å². The molecule has 1 aliphatic heterocycles. The maximum Gasteiger partial charge on any atom is 0.0117 e. The van der Waals surface area contributed by atoms with Crippen molar-refractivity contribution in [3.63, 3.8) is 0 Å². The Bertz CT molecular complexity index is 153. The van der Waals surface area contributed by atoms with E-state index in [1.54, 1.807) is 0 Å². The van der Waals surface area contributed by atoms with Gasteiger partial charge in [0.15, 0.2) is 0 Å². The van der Waals surface area contributed by atoms with Gasteiger partial charge in [-0.15, -0.1) is 0 Å². The molecule has 3 nitrogen and oxygen atoms in total. The molecule has 0 radical (unpaired) electrons. The van der Waals surface area contributed by atoms with E-state index < -0.39 is 0 Å². The van der Waals surface area contributed by atoms with Gasteiger partial charge in [0.25, 0.3) is 0 Å². The Morgan fingerprint density at radius 3 is 2.53 bits per heavy atom. The monoisotopic (exact) mass is 213 g/mol. The van der Waals surface area contributed by atoms with Gasteiger partial charge < -0.3 is 15.1 Å². The minimum Gasteiger partial charge on any atom is -0.320 e. The standard InChI is InChI=1S/C12H27N3/c1-13-8-4-5-9-15(3)12-6-10-14(2)11-7-12/h12-13H,4-11H2,1-3H3. The number of nitrogens with zero attached hydrogens (tertiary/aromatic N) is 2. The highest BCUT2D eigenvalue weighted by Gasteiger charge is 2.19. The van der Waals surface area contributed by atoms with Gasteiger partial charge in [0.05, 0.1) is 0 Å². The Hall–Kier alpha value is -0.120. The lowest BCUT2D eigenvalue weighted by Crippen LogP contribution is -2.42. The van der Waals surface area contributed by atoms with Crippen molar-refractivity contribution < 1.29 is 0 Å². The summed E-state index contributed by atoms with van der Waals surface area (Å²) in [5.41, 5.74) is 0. The Labute approximate surface area is 94.8 Å². The molecule has 0 atom stereocenters. The second-order valence-corrected chi connectivity index (χ2v) is 4.83. The zero-order valence-electron chi connectivity index (χ0n) is 10.6. The van der Waals surface area contributed by atoms with Crippen molar-refractivity contribution in [1.82, 2.24) is 15.1 Å². The van der Waals surface area contributed by atoms with E-state index in [1.165, 1.54) is 45.3 Å². The summed E-state index contributed by atoms with van der Waals surface area (Å²) in [4.78, 5) is 4.99. The number of hydrogen-bond acceptors (Lipinski definition) is 3. The van der Waals surface area contributed by atoms with Crippen molar-refractivity contribution in [3.05, 3.63) is 0 Å². The molecule has 0 amide bonds. The predicted molar refractivity (Wildman–Crippen MR) is 66.3 cm³/mol. The van der Waals surface area contributed by atoms with Gasteiger partial charge in [-0.2, -0.15) is 0 Å². The number of nitrogens with one attached hydrogen (secondary N) is 1. The minimum absolute atomic E-state index is 0.829. The molecule has 1 heterocycles. The van der Waals surface area contributed by atoms with Crippen LogP contribution in [0, 0.1) is 0 Å². The fraction of sp³-hybridized carbons (Fsp3) is 1.00. The summed E-state index contributed by atoms with van der Waals surface area (Å²) in [5, 5.41) is 3.20. The molecule has 90 valence electrons. The SMILES string of the molecule is CNCCCCN(C)C1CCN(C)CC1. The molecular weight excluding hydrogens is 186 g/mol. The van der Waals surface area contributed by atoms with Crippen molar-refractivity contribution in [3.8, 4) is 0 Å². The summed E-state index contributed by atoms with van der Waals surface area (Å²) in [6.07, 6.45) is 5.31. The van der Waals surface area contributed by atoms with E-state index in [0.29, 0.717) is 0 Å². The van der Waals surface area contributed by atoms with Crippen molar-refractivity contribution in [2.24, 2.45) is 0 Å². The topological polar surface area (TPSA) is 18.5 Å². The number of hydrogen-bond donors (Lipinski definition) is 1. The fourth-order valence-electron chi connectivity index (χ4n) is 2.28. The molecule has 0 unspecified atom stereocenters. The summed E-state index contributed by atoms with van der Waals surface area (Å²) in [6, 6.07) is 0.829. The van der Waals surface area contributed by atoms with Crippen molar-refractivity contribution >= 4 is 0 Å². The maximum absolute atomic E-state index is 3.20. The summed E-state index contributed by atoms with van der Waals surface area (Å²) >= 11 is 0. The number of likely N-dealkylation sites (tertiary alicyclic amines) is 1. The van der Waals surface area contributed by atoms with E-state index in [0.717, 1.165) is 12.6 Å². The van der Waals surface area contributed by atoms with Gasteiger partial charge in [-0.1, -0.05) is 0 Å². The smallest absolute Gasteiger partial charge is 0.0117 e. The quantitative estimate of drug-likeness (QED) is 0.664. The van der Waals surface area contributed by atoms with Crippen LogP contribution in [0.2, 0.25) is 0 Å². The number of piperidine rings is 1. The molecule has 0 aliphatic carbocycles. The van der Waals surface area contributed by atoms with E-state index >= 15 is 0 Å². The van der Waals surface area contributed by atoms with Gasteiger partial charge in [0, 0.05) is 6.04 Å². The Morgan fingerprint density at radius 1 is 1.27 bits per heavy atom. The van der Waals surface area contributed by atoms with Crippen LogP contribution in [0.25, 0.3) is 0 Å². The van der Waals surface area contributed by atoms with Gasteiger partial charge in [-0.25, -0.2) is 0 Å². The van der Waals surface area contributed by atoms with Gasteiger partial charge >= 0.3 is 0 Å². The second-order valence-electron chi connectivity index (χ2n) is 4.83. The average molecular weight is 213 g/mol. The molecule has 1 saturated heterocycles. The van der Waals surface area contributed by atoms with Crippen LogP contribution in [0.3, 0.4) is 0 Å². The highest BCUT2D eigenvalue weighted by molar-refractivity contribution is 4.76. The van der Waals surface area contributed by atoms with Crippen molar-refractivity contribution in [2.45, 2.75) is 31.7 Å². The normalized spacial score (nSPS) is 20.0. The first-order chi connectivity index (χ1) is 7.24. The zero-order valence-corrected chi connectivity index (χ0v) is 10.6. The molecule has 15 heavy (non-hydrogen) atoms. The Balaban J connectivity index is 2.08. The third kappa shape index (κ3) is 4.96. The number of rotatable bonds is 6. The molecule has 0 aromatic rings. The molecule has 0 saturated carbocycles. The summed E-state index contributed by atoms with van der Waals surface area (Å²) in [5.74, 6) is 0. The molecule has 1 rings (SSSR count). The van der Waals surface area contributed by atoms with Crippen LogP contribution < -0.4 is 5.32 Å². The summed E-state index contributed by atoms with van der Waals surface area (Å²) in [6.45, 7) is 4.95. The van der Waals surface area contributed by atoms with Crippen molar-refractivity contribution in [1.29, 1.82) is 0 Å². The summed E-state index contributed by atoms with van der Waals surface area (Å²) in [7, 11) is 6.54. The molecule has 0 spiro atoms. The van der Waals surface area contributed by atoms with E-state index in [9.17, 15) is 0 Å². The molecule has 0 aromatic carbocycles. The van der Waals surface area contributed by atoms with Crippen LogP contribution in [0.5, 0.6) is 0 Å². The van der Waals surface area contributed by atoms with Crippen molar-refractivity contribution in [2.75, 3.05) is 47.3 Å². The second kappa shape index (κ2) is 7.20. The lowest BCUT2D eigenvalue weighted by molar-refractivity contribution is 0.143. The van der Waals surface area contributed by atoms with Gasteiger partial charge in [-0.3, -0.25) is 0 Å². The largest absolute Gasteiger partial charge is 0.320 e. The minimum atomic E-state index is 0.829. The Morgan fingerprint density at radius 2 is 1.93 bits per heavy atom. The van der Waals surface area contributed by atoms with E-state index in [1.807, 2.05) is 7.05 Å². The third-order valence-electron chi connectivity index (χ3n) is 3.50. The first-order valence-corrected chi connectivity index (χ1v) is 6.27. The molecule has 0 aromatic heterocycles. The molecular formula is C12H27N3. The summed E-state index contributed by atoms with van der Waals surface area (Å²) < 4.78 is 0. The molecule has 0 bridgehead atoms. The van der Waals surface area contributed by atoms with Crippen LogP contribution in [0.1, 0.15) is 25.7 Å². The molecule has 1 fully saturated rings. The van der Waals surface area contributed by atoms with E-state index in [2.05, 4.69) is 29.2 Å². The lowest BCUT2D eigenvalue weighted by Gasteiger charge is -2.35. The number of unbranched alkanes of at least 4 members (excludes halogenated alkanes) is 1. The Kier molecular flexibility index (Phi) is 6.22. The third-order valence-corrected chi connectivity index (χ3v) is 3.50. The highest BCUT2D eigenvalue weighted by Crippen LogP contribution is 2.14. The van der Waals surface area contributed by atoms with Gasteiger partial charge in [0.2, 0.25) is 0 Å². The predicted octanol–water partition coefficient (Wildman–Crippen LogP) is 1.01. The van der Waals surface area contributed by atoms with Crippen LogP contribution >= 0.6 is 0 Å². The van der Waals surface area contributed by atoms with E-state index in [-0.39, 0.29) is 0 Å². The van der Waals surface area contributed by atoms with Crippen LogP contribution in [-0.2, 0) is 0 Å². The highest BCUT2D eigenvalue weighted by atomic mass is 15.2. The lowest BCUT2D eigenvalue weighted by atomic mass is 10.0. The van der Waals surface area contributed by atoms with Crippen LogP contribution in [0.15, 0.2) is 0 Å². The fourth-order valence-corrected chi connectivity index (χ4v) is 2.28. The molecule has 3 heteroatoms. The first-order valence-electron chi connectivity index (χ1n) is 6.27. The average Bonchev–Trinajstić information content (AvgIpc) is 2.25. The molecule has 1 aliphatic rings. The first kappa shape index (κ1) is 12.9. The van der Waals surface area contributed by atoms with Crippen LogP contribution in [0.4, 0.5) is 0 Å². The van der Waals surface area contributed by atoms with Crippen LogP contribution in [-0.4, -0.2) is 63.2 Å². The van der Waals surface area contributed by atoms with E-state index in [4.69, 9.17) is 0 Å². The van der Waals surface area contributed by atoms with Gasteiger partial charge in [0.1, 0.15) is 0 Å². The maximum atomic E-state index is 3.20. The zero-order chi connectivity index (χ0) is 11.1.